The van der Waals surface area contributed by atoms with Gasteiger partial charge in [0.15, 0.2) is 0 Å². The van der Waals surface area contributed by atoms with Gasteiger partial charge in [-0.1, -0.05) is 6.07 Å². The van der Waals surface area contributed by atoms with Crippen molar-refractivity contribution >= 4 is 16.9 Å². The molecule has 5 nitrogen and oxygen atoms in total. The van der Waals surface area contributed by atoms with Crippen LogP contribution in [0.3, 0.4) is 0 Å². The van der Waals surface area contributed by atoms with Gasteiger partial charge in [-0.25, -0.2) is 4.98 Å². The predicted octanol–water partition coefficient (Wildman–Crippen LogP) is 0.912. The van der Waals surface area contributed by atoms with Gasteiger partial charge in [0.05, 0.1) is 17.6 Å². The first-order chi connectivity index (χ1) is 8.69. The Labute approximate surface area is 105 Å². The van der Waals surface area contributed by atoms with Gasteiger partial charge in [0.2, 0.25) is 5.91 Å². The molecule has 0 aliphatic heterocycles. The van der Waals surface area contributed by atoms with Crippen molar-refractivity contribution in [3.05, 3.63) is 29.6 Å². The lowest BCUT2D eigenvalue weighted by Gasteiger charge is -2.04. The zero-order chi connectivity index (χ0) is 13.0. The standard InChI is InChI=1S/C13H17N3O2/c1-9-15-11-3-2-10(8-12(11)16-9)4-6-14-13(18)5-7-17/h2-3,8,17H,4-7H2,1H3,(H,14,18)(H,15,16). The summed E-state index contributed by atoms with van der Waals surface area (Å²) in [6.07, 6.45) is 0.934. The Morgan fingerprint density at radius 3 is 3.11 bits per heavy atom. The van der Waals surface area contributed by atoms with Gasteiger partial charge in [-0.3, -0.25) is 4.79 Å². The number of fused-ring (bicyclic) bond motifs is 1. The number of hydrogen-bond donors (Lipinski definition) is 3. The van der Waals surface area contributed by atoms with Crippen molar-refractivity contribution in [2.45, 2.75) is 19.8 Å². The fraction of sp³-hybridized carbons (Fsp3) is 0.385. The zero-order valence-electron chi connectivity index (χ0n) is 10.4. The minimum absolute atomic E-state index is 0.106. The third kappa shape index (κ3) is 3.07. The highest BCUT2D eigenvalue weighted by atomic mass is 16.3. The molecule has 0 fully saturated rings. The Morgan fingerprint density at radius 2 is 2.33 bits per heavy atom. The lowest BCUT2D eigenvalue weighted by atomic mass is 10.1. The van der Waals surface area contributed by atoms with Gasteiger partial charge in [-0.2, -0.15) is 0 Å². The number of hydrogen-bond acceptors (Lipinski definition) is 3. The van der Waals surface area contributed by atoms with E-state index in [1.165, 1.54) is 0 Å². The van der Waals surface area contributed by atoms with Crippen molar-refractivity contribution in [3.8, 4) is 0 Å². The number of H-pyrrole nitrogens is 1. The molecular weight excluding hydrogens is 230 g/mol. The van der Waals surface area contributed by atoms with Crippen LogP contribution in [0.4, 0.5) is 0 Å². The molecule has 2 rings (SSSR count). The van der Waals surface area contributed by atoms with Gasteiger partial charge in [0.25, 0.3) is 0 Å². The predicted molar refractivity (Wildman–Crippen MR) is 69.2 cm³/mol. The SMILES string of the molecule is Cc1nc2ccc(CCNC(=O)CCO)cc2[nH]1. The summed E-state index contributed by atoms with van der Waals surface area (Å²) in [7, 11) is 0. The van der Waals surface area contributed by atoms with Gasteiger partial charge in [-0.15, -0.1) is 0 Å². The number of nitrogens with zero attached hydrogens (tertiary/aromatic N) is 1. The molecule has 0 saturated carbocycles. The highest BCUT2D eigenvalue weighted by Crippen LogP contribution is 2.13. The molecule has 0 spiro atoms. The van der Waals surface area contributed by atoms with E-state index in [1.807, 2.05) is 25.1 Å². The van der Waals surface area contributed by atoms with Gasteiger partial charge in [-0.05, 0) is 31.0 Å². The normalized spacial score (nSPS) is 10.8. The first kappa shape index (κ1) is 12.6. The third-order valence-corrected chi connectivity index (χ3v) is 2.74. The van der Waals surface area contributed by atoms with E-state index in [2.05, 4.69) is 15.3 Å². The van der Waals surface area contributed by atoms with E-state index >= 15 is 0 Å². The molecular formula is C13H17N3O2. The number of aromatic amines is 1. The number of benzene rings is 1. The highest BCUT2D eigenvalue weighted by molar-refractivity contribution is 5.76. The molecule has 0 saturated heterocycles. The van der Waals surface area contributed by atoms with Crippen molar-refractivity contribution in [1.82, 2.24) is 15.3 Å². The van der Waals surface area contributed by atoms with E-state index in [0.29, 0.717) is 6.54 Å². The van der Waals surface area contributed by atoms with Crippen molar-refractivity contribution in [3.63, 3.8) is 0 Å². The minimum Gasteiger partial charge on any atom is -0.396 e. The van der Waals surface area contributed by atoms with Crippen molar-refractivity contribution < 1.29 is 9.90 Å². The van der Waals surface area contributed by atoms with Gasteiger partial charge < -0.3 is 15.4 Å². The molecule has 0 radical (unpaired) electrons. The van der Waals surface area contributed by atoms with Gasteiger partial charge in [0.1, 0.15) is 5.82 Å². The van der Waals surface area contributed by atoms with Crippen LogP contribution < -0.4 is 5.32 Å². The molecule has 1 aromatic heterocycles. The number of rotatable bonds is 5. The van der Waals surface area contributed by atoms with Crippen LogP contribution in [-0.2, 0) is 11.2 Å². The van der Waals surface area contributed by atoms with Crippen molar-refractivity contribution in [2.24, 2.45) is 0 Å². The fourth-order valence-corrected chi connectivity index (χ4v) is 1.88. The maximum absolute atomic E-state index is 11.2. The minimum atomic E-state index is -0.115. The average Bonchev–Trinajstić information content (AvgIpc) is 2.69. The number of aliphatic hydroxyl groups is 1. The number of imidazole rings is 1. The van der Waals surface area contributed by atoms with Crippen LogP contribution in [0.25, 0.3) is 11.0 Å². The molecule has 96 valence electrons. The summed E-state index contributed by atoms with van der Waals surface area (Å²) in [5, 5.41) is 11.4. The van der Waals surface area contributed by atoms with Crippen LogP contribution in [0.1, 0.15) is 17.8 Å². The fourth-order valence-electron chi connectivity index (χ4n) is 1.88. The quantitative estimate of drug-likeness (QED) is 0.735. The van der Waals surface area contributed by atoms with Crippen LogP contribution in [0.2, 0.25) is 0 Å². The van der Waals surface area contributed by atoms with E-state index in [9.17, 15) is 4.79 Å². The van der Waals surface area contributed by atoms with Crippen molar-refractivity contribution in [1.29, 1.82) is 0 Å². The largest absolute Gasteiger partial charge is 0.396 e. The zero-order valence-corrected chi connectivity index (χ0v) is 10.4. The number of aryl methyl sites for hydroxylation is 1. The molecule has 5 heteroatoms. The Morgan fingerprint density at radius 1 is 1.50 bits per heavy atom. The van der Waals surface area contributed by atoms with Crippen LogP contribution in [0.15, 0.2) is 18.2 Å². The van der Waals surface area contributed by atoms with E-state index < -0.39 is 0 Å². The van der Waals surface area contributed by atoms with E-state index in [0.717, 1.165) is 28.8 Å². The lowest BCUT2D eigenvalue weighted by molar-refractivity contribution is -0.121. The third-order valence-electron chi connectivity index (χ3n) is 2.74. The van der Waals surface area contributed by atoms with Crippen LogP contribution in [0, 0.1) is 6.92 Å². The van der Waals surface area contributed by atoms with Gasteiger partial charge in [0, 0.05) is 13.0 Å². The molecule has 0 unspecified atom stereocenters. The number of carbonyl (C=O) groups is 1. The summed E-state index contributed by atoms with van der Waals surface area (Å²) in [6, 6.07) is 6.04. The summed E-state index contributed by atoms with van der Waals surface area (Å²) >= 11 is 0. The maximum atomic E-state index is 11.2. The number of amides is 1. The summed E-state index contributed by atoms with van der Waals surface area (Å²) in [5.41, 5.74) is 3.13. The second-order valence-electron chi connectivity index (χ2n) is 4.25. The Bertz CT molecular complexity index is 548. The second-order valence-corrected chi connectivity index (χ2v) is 4.25. The number of carbonyl (C=O) groups excluding carboxylic acids is 1. The van der Waals surface area contributed by atoms with Crippen LogP contribution >= 0.6 is 0 Å². The van der Waals surface area contributed by atoms with Crippen LogP contribution in [0.5, 0.6) is 0 Å². The molecule has 1 heterocycles. The Kier molecular flexibility index (Phi) is 3.94. The monoisotopic (exact) mass is 247 g/mol. The smallest absolute Gasteiger partial charge is 0.222 e. The number of aromatic nitrogens is 2. The average molecular weight is 247 g/mol. The molecule has 0 aliphatic rings. The number of nitrogens with one attached hydrogen (secondary N) is 2. The highest BCUT2D eigenvalue weighted by Gasteiger charge is 2.02. The van der Waals surface area contributed by atoms with E-state index in [1.54, 1.807) is 0 Å². The molecule has 1 amide bonds. The lowest BCUT2D eigenvalue weighted by Crippen LogP contribution is -2.26. The maximum Gasteiger partial charge on any atom is 0.222 e. The second kappa shape index (κ2) is 5.64. The molecule has 3 N–H and O–H groups in total. The molecule has 1 aromatic carbocycles. The number of aliphatic hydroxyl groups excluding tert-OH is 1. The Hall–Kier alpha value is -1.88. The summed E-state index contributed by atoms with van der Waals surface area (Å²) in [6.45, 7) is 2.40. The van der Waals surface area contributed by atoms with Crippen molar-refractivity contribution in [2.75, 3.05) is 13.2 Å². The van der Waals surface area contributed by atoms with Crippen LogP contribution in [-0.4, -0.2) is 34.1 Å². The van der Waals surface area contributed by atoms with E-state index in [-0.39, 0.29) is 18.9 Å². The Balaban J connectivity index is 1.93. The van der Waals surface area contributed by atoms with E-state index in [4.69, 9.17) is 5.11 Å². The first-order valence-corrected chi connectivity index (χ1v) is 6.02. The topological polar surface area (TPSA) is 78.0 Å². The summed E-state index contributed by atoms with van der Waals surface area (Å²) in [4.78, 5) is 18.7. The van der Waals surface area contributed by atoms with Gasteiger partial charge >= 0.3 is 0 Å². The molecule has 0 bridgehead atoms. The molecule has 0 aliphatic carbocycles. The first-order valence-electron chi connectivity index (χ1n) is 6.02. The molecule has 2 aromatic rings. The summed E-state index contributed by atoms with van der Waals surface area (Å²) in [5.74, 6) is 0.786. The molecule has 18 heavy (non-hydrogen) atoms. The summed E-state index contributed by atoms with van der Waals surface area (Å²) < 4.78 is 0. The molecule has 0 atom stereocenters.